The average molecular weight is 471 g/mol. The second-order valence-electron chi connectivity index (χ2n) is 7.88. The number of aromatic amines is 1. The van der Waals surface area contributed by atoms with E-state index in [1.807, 2.05) is 19.1 Å². The maximum atomic E-state index is 13.0. The van der Waals surface area contributed by atoms with Crippen LogP contribution in [0.25, 0.3) is 17.3 Å². The minimum atomic E-state index is -0.545. The molecular weight excluding hydrogens is 452 g/mol. The first-order chi connectivity index (χ1) is 16.4. The Bertz CT molecular complexity index is 1530. The van der Waals surface area contributed by atoms with E-state index in [-0.39, 0.29) is 11.5 Å². The Morgan fingerprint density at radius 3 is 2.68 bits per heavy atom. The molecule has 34 heavy (non-hydrogen) atoms. The number of hydrogen-bond donors (Lipinski definition) is 3. The molecule has 3 heterocycles. The number of halogens is 1. The van der Waals surface area contributed by atoms with Gasteiger partial charge < -0.3 is 15.6 Å². The molecule has 1 aliphatic heterocycles. The van der Waals surface area contributed by atoms with Crippen molar-refractivity contribution in [2.45, 2.75) is 6.92 Å². The molecule has 5 rings (SSSR count). The number of H-pyrrole nitrogens is 1. The molecule has 2 aromatic carbocycles. The number of hydrogen-bond acceptors (Lipinski definition) is 3. The van der Waals surface area contributed by atoms with Gasteiger partial charge in [-0.15, -0.1) is 0 Å². The zero-order chi connectivity index (χ0) is 23.8. The smallest absolute Gasteiger partial charge is 0.267 e. The summed E-state index contributed by atoms with van der Waals surface area (Å²) in [6.45, 7) is 1.85. The zero-order valence-corrected chi connectivity index (χ0v) is 18.8. The lowest BCUT2D eigenvalue weighted by Gasteiger charge is -2.11. The summed E-state index contributed by atoms with van der Waals surface area (Å²) in [4.78, 5) is 41.4. The maximum Gasteiger partial charge on any atom is 0.267 e. The molecule has 0 saturated carbocycles. The summed E-state index contributed by atoms with van der Waals surface area (Å²) in [5, 5.41) is 6.17. The Balaban J connectivity index is 1.42. The normalized spacial score (nSPS) is 13.6. The van der Waals surface area contributed by atoms with E-state index in [0.717, 1.165) is 16.8 Å². The van der Waals surface area contributed by atoms with Gasteiger partial charge in [0.1, 0.15) is 5.56 Å². The summed E-state index contributed by atoms with van der Waals surface area (Å²) < 4.78 is 1.40. The van der Waals surface area contributed by atoms with Gasteiger partial charge in [0.25, 0.3) is 17.4 Å². The molecule has 7 nitrogen and oxygen atoms in total. The van der Waals surface area contributed by atoms with Crippen LogP contribution < -0.4 is 16.2 Å². The predicted octanol–water partition coefficient (Wildman–Crippen LogP) is 4.87. The minimum Gasteiger partial charge on any atom is -0.362 e. The van der Waals surface area contributed by atoms with Gasteiger partial charge in [0.2, 0.25) is 0 Å². The lowest BCUT2D eigenvalue weighted by molar-refractivity contribution is -0.110. The highest BCUT2D eigenvalue weighted by Gasteiger charge is 2.25. The number of aromatic nitrogens is 2. The first-order valence-electron chi connectivity index (χ1n) is 10.5. The predicted molar refractivity (Wildman–Crippen MR) is 133 cm³/mol. The fourth-order valence-corrected chi connectivity index (χ4v) is 3.97. The van der Waals surface area contributed by atoms with Crippen LogP contribution in [0.3, 0.4) is 0 Å². The highest BCUT2D eigenvalue weighted by atomic mass is 35.5. The van der Waals surface area contributed by atoms with Gasteiger partial charge in [-0.05, 0) is 73.2 Å². The third-order valence-electron chi connectivity index (χ3n) is 5.59. The molecule has 0 radical (unpaired) electrons. The Morgan fingerprint density at radius 2 is 1.91 bits per heavy atom. The number of carbonyl (C=O) groups excluding carboxylic acids is 2. The molecule has 0 saturated heterocycles. The number of nitrogens with zero attached hydrogens (tertiary/aromatic N) is 1. The molecule has 4 aromatic rings. The average Bonchev–Trinajstić information content (AvgIpc) is 3.43. The van der Waals surface area contributed by atoms with E-state index in [0.29, 0.717) is 27.7 Å². The second-order valence-corrected chi connectivity index (χ2v) is 8.29. The Hall–Kier alpha value is -4.36. The van der Waals surface area contributed by atoms with Gasteiger partial charge in [-0.25, -0.2) is 0 Å². The van der Waals surface area contributed by atoms with E-state index in [4.69, 9.17) is 11.6 Å². The largest absolute Gasteiger partial charge is 0.362 e. The third-order valence-corrected chi connectivity index (χ3v) is 6.02. The van der Waals surface area contributed by atoms with Crippen molar-refractivity contribution >= 4 is 46.4 Å². The van der Waals surface area contributed by atoms with E-state index in [1.165, 1.54) is 10.6 Å². The number of rotatable bonds is 4. The van der Waals surface area contributed by atoms with Gasteiger partial charge in [0.05, 0.1) is 11.3 Å². The van der Waals surface area contributed by atoms with Crippen molar-refractivity contribution in [2.75, 3.05) is 10.6 Å². The molecule has 2 aromatic heterocycles. The molecule has 1 aliphatic rings. The number of anilines is 2. The van der Waals surface area contributed by atoms with Gasteiger partial charge in [0, 0.05) is 40.0 Å². The fourth-order valence-electron chi connectivity index (χ4n) is 3.85. The minimum absolute atomic E-state index is 0.00744. The molecular formula is C26H19ClN4O3. The van der Waals surface area contributed by atoms with Crippen LogP contribution in [0.4, 0.5) is 11.4 Å². The SMILES string of the molecule is Cc1cc(-n2cccc(C(=O)Nc3ccc4c(c3)NC(=O)/C4=C\c3ccc[nH]3)c2=O)ccc1Cl. The number of fused-ring (bicyclic) bond motifs is 1. The van der Waals surface area contributed by atoms with Crippen molar-refractivity contribution in [1.82, 2.24) is 9.55 Å². The van der Waals surface area contributed by atoms with Crippen molar-refractivity contribution in [2.24, 2.45) is 0 Å². The van der Waals surface area contributed by atoms with Gasteiger partial charge >= 0.3 is 0 Å². The first kappa shape index (κ1) is 21.5. The summed E-state index contributed by atoms with van der Waals surface area (Å²) in [6.07, 6.45) is 5.15. The lowest BCUT2D eigenvalue weighted by Crippen LogP contribution is -2.27. The molecule has 8 heteroatoms. The quantitative estimate of drug-likeness (QED) is 0.371. The fraction of sp³-hybridized carbons (Fsp3) is 0.0385. The van der Waals surface area contributed by atoms with Crippen LogP contribution in [0.1, 0.15) is 27.2 Å². The number of pyridine rings is 1. The molecule has 0 fully saturated rings. The summed E-state index contributed by atoms with van der Waals surface area (Å²) in [6, 6.07) is 17.2. The molecule has 3 N–H and O–H groups in total. The van der Waals surface area contributed by atoms with Gasteiger partial charge in [-0.3, -0.25) is 19.0 Å². The maximum absolute atomic E-state index is 13.0. The molecule has 168 valence electrons. The molecule has 0 atom stereocenters. The summed E-state index contributed by atoms with van der Waals surface area (Å²) >= 11 is 6.09. The molecule has 0 bridgehead atoms. The number of amides is 2. The van der Waals surface area contributed by atoms with E-state index in [1.54, 1.807) is 60.9 Å². The van der Waals surface area contributed by atoms with Crippen LogP contribution in [-0.4, -0.2) is 21.4 Å². The zero-order valence-electron chi connectivity index (χ0n) is 18.1. The Labute approximate surface area is 199 Å². The van der Waals surface area contributed by atoms with Crippen LogP contribution in [0.15, 0.2) is 77.9 Å². The van der Waals surface area contributed by atoms with Gasteiger partial charge in [-0.2, -0.15) is 0 Å². The molecule has 0 spiro atoms. The van der Waals surface area contributed by atoms with E-state index < -0.39 is 11.5 Å². The molecule has 0 unspecified atom stereocenters. The first-order valence-corrected chi connectivity index (χ1v) is 10.9. The van der Waals surface area contributed by atoms with Gasteiger partial charge in [-0.1, -0.05) is 17.7 Å². The molecule has 0 aliphatic carbocycles. The monoisotopic (exact) mass is 470 g/mol. The van der Waals surface area contributed by atoms with Crippen molar-refractivity contribution in [1.29, 1.82) is 0 Å². The van der Waals surface area contributed by atoms with Crippen LogP contribution in [0.5, 0.6) is 0 Å². The van der Waals surface area contributed by atoms with Crippen LogP contribution in [-0.2, 0) is 4.79 Å². The number of nitrogens with one attached hydrogen (secondary N) is 3. The van der Waals surface area contributed by atoms with E-state index >= 15 is 0 Å². The van der Waals surface area contributed by atoms with Crippen molar-refractivity contribution < 1.29 is 9.59 Å². The van der Waals surface area contributed by atoms with Crippen molar-refractivity contribution in [3.05, 3.63) is 111 Å². The van der Waals surface area contributed by atoms with E-state index in [2.05, 4.69) is 15.6 Å². The number of carbonyl (C=O) groups is 2. The Morgan fingerprint density at radius 1 is 1.06 bits per heavy atom. The van der Waals surface area contributed by atoms with Crippen molar-refractivity contribution in [3.63, 3.8) is 0 Å². The van der Waals surface area contributed by atoms with Crippen LogP contribution in [0, 0.1) is 6.92 Å². The van der Waals surface area contributed by atoms with Crippen LogP contribution >= 0.6 is 11.6 Å². The third kappa shape index (κ3) is 3.93. The number of aryl methyl sites for hydroxylation is 1. The lowest BCUT2D eigenvalue weighted by atomic mass is 10.1. The van der Waals surface area contributed by atoms with E-state index in [9.17, 15) is 14.4 Å². The van der Waals surface area contributed by atoms with Crippen molar-refractivity contribution in [3.8, 4) is 5.69 Å². The highest BCUT2D eigenvalue weighted by molar-refractivity contribution is 6.35. The van der Waals surface area contributed by atoms with Gasteiger partial charge in [0.15, 0.2) is 0 Å². The summed E-state index contributed by atoms with van der Waals surface area (Å²) in [5.41, 5.74) is 4.10. The number of benzene rings is 2. The summed E-state index contributed by atoms with van der Waals surface area (Å²) in [7, 11) is 0. The highest BCUT2D eigenvalue weighted by Crippen LogP contribution is 2.35. The second kappa shape index (κ2) is 8.53. The topological polar surface area (TPSA) is 96.0 Å². The summed E-state index contributed by atoms with van der Waals surface area (Å²) in [5.74, 6) is -0.770. The standard InChI is InChI=1S/C26H19ClN4O3/c1-15-12-18(7-9-22(15)27)31-11-3-5-20(26(31)34)24(32)29-17-6-8-19-21(13-16-4-2-10-28-16)25(33)30-23(19)14-17/h2-14,28H,1H3,(H,29,32)(H,30,33)/b21-13-. The van der Waals surface area contributed by atoms with Crippen LogP contribution in [0.2, 0.25) is 5.02 Å². The molecule has 2 amide bonds. The Kier molecular flexibility index (Phi) is 5.39.